The Balaban J connectivity index is 2.97. The normalized spacial score (nSPS) is 26.6. The molecule has 1 fully saturated rings. The van der Waals surface area contributed by atoms with Crippen molar-refractivity contribution in [2.75, 3.05) is 13.7 Å². The van der Waals surface area contributed by atoms with Crippen LogP contribution in [0, 0.1) is 5.41 Å². The number of nitrogens with one attached hydrogen (secondary N) is 2. The molecule has 0 unspecified atom stereocenters. The molecule has 0 radical (unpaired) electrons. The minimum Gasteiger partial charge on any atom is -0.387 e. The molecule has 1 aliphatic rings. The van der Waals surface area contributed by atoms with Crippen LogP contribution >= 0.6 is 0 Å². The van der Waals surface area contributed by atoms with Crippen LogP contribution in [-0.2, 0) is 23.8 Å². The number of allylic oxidation sites excluding steroid dienone is 1. The van der Waals surface area contributed by atoms with E-state index in [0.29, 0.717) is 6.54 Å². The van der Waals surface area contributed by atoms with E-state index in [1.165, 1.54) is 7.11 Å². The molecule has 29 heavy (non-hydrogen) atoms. The predicted molar refractivity (Wildman–Crippen MR) is 110 cm³/mol. The van der Waals surface area contributed by atoms with Gasteiger partial charge in [-0.15, -0.1) is 6.58 Å². The van der Waals surface area contributed by atoms with Crippen LogP contribution in [0.25, 0.3) is 0 Å². The van der Waals surface area contributed by atoms with Gasteiger partial charge < -0.3 is 30.0 Å². The number of carbonyl (C=O) groups is 2. The Labute approximate surface area is 173 Å². The zero-order chi connectivity index (χ0) is 22.4. The minimum absolute atomic E-state index is 0.104. The number of aliphatic hydroxyl groups excluding tert-OH is 1. The number of amides is 2. The molecule has 166 valence electrons. The van der Waals surface area contributed by atoms with Crippen molar-refractivity contribution >= 4 is 11.8 Å². The number of aliphatic hydroxyl groups is 1. The van der Waals surface area contributed by atoms with Crippen LogP contribution in [0.3, 0.4) is 0 Å². The summed E-state index contributed by atoms with van der Waals surface area (Å²) in [4.78, 5) is 24.8. The summed E-state index contributed by atoms with van der Waals surface area (Å²) in [6, 6.07) is -0.790. The summed E-state index contributed by atoms with van der Waals surface area (Å²) in [5.41, 5.74) is -0.104. The van der Waals surface area contributed by atoms with Crippen LogP contribution in [0.5, 0.6) is 0 Å². The zero-order valence-electron chi connectivity index (χ0n) is 18.5. The van der Waals surface area contributed by atoms with Crippen LogP contribution in [0.15, 0.2) is 24.8 Å². The molecule has 0 saturated carbocycles. The Bertz CT molecular complexity index is 611. The maximum atomic E-state index is 12.8. The fraction of sp³-hybridized carbons (Fsp3) is 0.714. The SMILES string of the molecule is C=CCNC(=O)[C@H](C)NC(=O)[C@H](OC)[C@@H]1OC(C)(C)O[C@H](/C=C/C(C)(C)C)[C@@H]1O. The topological polar surface area (TPSA) is 106 Å². The lowest BCUT2D eigenvalue weighted by atomic mass is 9.93. The molecule has 2 amide bonds. The van der Waals surface area contributed by atoms with Gasteiger partial charge in [-0.3, -0.25) is 9.59 Å². The smallest absolute Gasteiger partial charge is 0.252 e. The molecule has 0 aromatic heterocycles. The molecule has 0 aromatic rings. The van der Waals surface area contributed by atoms with E-state index in [4.69, 9.17) is 14.2 Å². The summed E-state index contributed by atoms with van der Waals surface area (Å²) >= 11 is 0. The first-order valence-corrected chi connectivity index (χ1v) is 9.76. The number of methoxy groups -OCH3 is 1. The number of hydrogen-bond acceptors (Lipinski definition) is 6. The van der Waals surface area contributed by atoms with Gasteiger partial charge in [0, 0.05) is 13.7 Å². The second kappa shape index (κ2) is 10.3. The molecule has 0 spiro atoms. The van der Waals surface area contributed by atoms with E-state index in [1.54, 1.807) is 32.9 Å². The van der Waals surface area contributed by atoms with E-state index in [0.717, 1.165) is 0 Å². The van der Waals surface area contributed by atoms with Crippen molar-refractivity contribution in [3.05, 3.63) is 24.8 Å². The molecular weight excluding hydrogens is 376 g/mol. The van der Waals surface area contributed by atoms with Crippen molar-refractivity contribution in [1.29, 1.82) is 0 Å². The number of hydrogen-bond donors (Lipinski definition) is 3. The monoisotopic (exact) mass is 412 g/mol. The second-order valence-corrected chi connectivity index (χ2v) is 8.70. The van der Waals surface area contributed by atoms with Gasteiger partial charge in [-0.2, -0.15) is 0 Å². The number of ether oxygens (including phenoxy) is 3. The average Bonchev–Trinajstić information content (AvgIpc) is 2.60. The Morgan fingerprint density at radius 3 is 2.41 bits per heavy atom. The molecule has 1 heterocycles. The summed E-state index contributed by atoms with van der Waals surface area (Å²) in [6.07, 6.45) is 1.33. The zero-order valence-corrected chi connectivity index (χ0v) is 18.5. The van der Waals surface area contributed by atoms with Crippen molar-refractivity contribution < 1.29 is 28.9 Å². The van der Waals surface area contributed by atoms with Gasteiger partial charge in [0.1, 0.15) is 24.4 Å². The van der Waals surface area contributed by atoms with Gasteiger partial charge in [0.2, 0.25) is 5.91 Å². The lowest BCUT2D eigenvalue weighted by Gasteiger charge is -2.45. The molecule has 0 aromatic carbocycles. The molecule has 5 atom stereocenters. The van der Waals surface area contributed by atoms with Gasteiger partial charge in [-0.1, -0.05) is 39.0 Å². The third-order valence-electron chi connectivity index (χ3n) is 4.28. The first-order valence-electron chi connectivity index (χ1n) is 9.76. The van der Waals surface area contributed by atoms with Crippen LogP contribution < -0.4 is 10.6 Å². The van der Waals surface area contributed by atoms with E-state index in [-0.39, 0.29) is 11.3 Å². The average molecular weight is 413 g/mol. The third-order valence-corrected chi connectivity index (χ3v) is 4.28. The highest BCUT2D eigenvalue weighted by molar-refractivity contribution is 5.89. The van der Waals surface area contributed by atoms with E-state index in [2.05, 4.69) is 17.2 Å². The minimum atomic E-state index is -1.14. The fourth-order valence-corrected chi connectivity index (χ4v) is 2.86. The van der Waals surface area contributed by atoms with E-state index >= 15 is 0 Å². The largest absolute Gasteiger partial charge is 0.387 e. The summed E-state index contributed by atoms with van der Waals surface area (Å²) in [5, 5.41) is 16.0. The maximum Gasteiger partial charge on any atom is 0.252 e. The first kappa shape index (κ1) is 25.3. The van der Waals surface area contributed by atoms with Crippen molar-refractivity contribution in [2.24, 2.45) is 5.41 Å². The number of carbonyl (C=O) groups excluding carboxylic acids is 2. The van der Waals surface area contributed by atoms with Crippen molar-refractivity contribution in [3.63, 3.8) is 0 Å². The molecule has 0 bridgehead atoms. The van der Waals surface area contributed by atoms with Crippen molar-refractivity contribution in [1.82, 2.24) is 10.6 Å². The molecular formula is C21H36N2O6. The van der Waals surface area contributed by atoms with Crippen LogP contribution in [0.1, 0.15) is 41.5 Å². The standard InChI is InChI=1S/C21H36N2O6/c1-9-12-22-18(25)13(2)23-19(26)17(27-8)16-15(24)14(10-11-20(3,4)5)28-21(6,7)29-16/h9-11,13-17,24H,1,12H2,2-8H3,(H,22,25)(H,23,26)/b11-10+/t13-,14+,15-,16+,17+/m0/s1. The van der Waals surface area contributed by atoms with Crippen molar-refractivity contribution in [2.45, 2.75) is 77.8 Å². The highest BCUT2D eigenvalue weighted by Gasteiger charge is 2.47. The van der Waals surface area contributed by atoms with Crippen molar-refractivity contribution in [3.8, 4) is 0 Å². The van der Waals surface area contributed by atoms with Gasteiger partial charge >= 0.3 is 0 Å². The van der Waals surface area contributed by atoms with E-state index < -0.39 is 42.2 Å². The van der Waals surface area contributed by atoms with E-state index in [9.17, 15) is 14.7 Å². The molecule has 3 N–H and O–H groups in total. The van der Waals surface area contributed by atoms with Gasteiger partial charge in [-0.25, -0.2) is 0 Å². The molecule has 0 aliphatic carbocycles. The molecule has 8 nitrogen and oxygen atoms in total. The number of rotatable bonds is 8. The highest BCUT2D eigenvalue weighted by atomic mass is 16.7. The Morgan fingerprint density at radius 1 is 1.28 bits per heavy atom. The summed E-state index contributed by atoms with van der Waals surface area (Å²) in [5.74, 6) is -1.96. The summed E-state index contributed by atoms with van der Waals surface area (Å²) < 4.78 is 17.0. The highest BCUT2D eigenvalue weighted by Crippen LogP contribution is 2.31. The molecule has 1 rings (SSSR count). The molecule has 8 heteroatoms. The van der Waals surface area contributed by atoms with Crippen LogP contribution in [0.4, 0.5) is 0 Å². The molecule has 1 saturated heterocycles. The Kier molecular flexibility index (Phi) is 9.02. The fourth-order valence-electron chi connectivity index (χ4n) is 2.86. The van der Waals surface area contributed by atoms with Gasteiger partial charge in [-0.05, 0) is 26.2 Å². The maximum absolute atomic E-state index is 12.8. The molecule has 1 aliphatic heterocycles. The second-order valence-electron chi connectivity index (χ2n) is 8.70. The quantitative estimate of drug-likeness (QED) is 0.519. The van der Waals surface area contributed by atoms with Gasteiger partial charge in [0.05, 0.1) is 0 Å². The first-order chi connectivity index (χ1) is 13.3. The van der Waals surface area contributed by atoms with Crippen LogP contribution in [-0.4, -0.2) is 66.8 Å². The van der Waals surface area contributed by atoms with Crippen LogP contribution in [0.2, 0.25) is 0 Å². The Morgan fingerprint density at radius 2 is 1.90 bits per heavy atom. The van der Waals surface area contributed by atoms with Gasteiger partial charge in [0.25, 0.3) is 5.91 Å². The van der Waals surface area contributed by atoms with E-state index in [1.807, 2.05) is 26.8 Å². The predicted octanol–water partition coefficient (Wildman–Crippen LogP) is 1.29. The summed E-state index contributed by atoms with van der Waals surface area (Å²) in [7, 11) is 1.35. The lowest BCUT2D eigenvalue weighted by Crippen LogP contribution is -2.61. The van der Waals surface area contributed by atoms with Gasteiger partial charge in [0.15, 0.2) is 11.9 Å². The third kappa shape index (κ3) is 7.89. The lowest BCUT2D eigenvalue weighted by molar-refractivity contribution is -0.334. The Hall–Kier alpha value is -1.74. The summed E-state index contributed by atoms with van der Waals surface area (Å²) in [6.45, 7) is 14.9.